The van der Waals surface area contributed by atoms with Crippen LogP contribution in [0.5, 0.6) is 0 Å². The lowest BCUT2D eigenvalue weighted by molar-refractivity contribution is 0.129. The SMILES string of the molecule is O=C(NCCc1ccccc1)N1CCN(Cc2nc3cc(-c4ccccc4)ccc3o2)CC1. The Hall–Kier alpha value is -3.64. The molecule has 2 heterocycles. The van der Waals surface area contributed by atoms with Gasteiger partial charge >= 0.3 is 6.03 Å². The fourth-order valence-electron chi connectivity index (χ4n) is 4.22. The van der Waals surface area contributed by atoms with Gasteiger partial charge in [0.15, 0.2) is 5.58 Å². The predicted molar refractivity (Wildman–Crippen MR) is 130 cm³/mol. The van der Waals surface area contributed by atoms with Crippen LogP contribution in [0, 0.1) is 0 Å². The van der Waals surface area contributed by atoms with E-state index in [4.69, 9.17) is 9.40 Å². The molecule has 0 bridgehead atoms. The minimum absolute atomic E-state index is 0.0147. The molecule has 2 amide bonds. The van der Waals surface area contributed by atoms with E-state index in [2.05, 4.69) is 46.6 Å². The normalized spacial score (nSPS) is 14.5. The minimum Gasteiger partial charge on any atom is -0.439 e. The zero-order valence-corrected chi connectivity index (χ0v) is 18.6. The molecule has 0 aliphatic carbocycles. The predicted octanol–water partition coefficient (Wildman–Crippen LogP) is 4.56. The first-order valence-electron chi connectivity index (χ1n) is 11.5. The number of nitrogens with one attached hydrogen (secondary N) is 1. The smallest absolute Gasteiger partial charge is 0.317 e. The minimum atomic E-state index is 0.0147. The van der Waals surface area contributed by atoms with Crippen molar-refractivity contribution in [1.82, 2.24) is 20.1 Å². The molecule has 0 spiro atoms. The first-order valence-corrected chi connectivity index (χ1v) is 11.5. The Balaban J connectivity index is 1.12. The molecular weight excluding hydrogens is 412 g/mol. The van der Waals surface area contributed by atoms with Gasteiger partial charge in [0.1, 0.15) is 5.52 Å². The molecule has 0 atom stereocenters. The van der Waals surface area contributed by atoms with Crippen LogP contribution in [-0.2, 0) is 13.0 Å². The van der Waals surface area contributed by atoms with Crippen molar-refractivity contribution < 1.29 is 9.21 Å². The van der Waals surface area contributed by atoms with Gasteiger partial charge in [0, 0.05) is 32.7 Å². The topological polar surface area (TPSA) is 61.6 Å². The fraction of sp³-hybridized carbons (Fsp3) is 0.259. The molecule has 1 aliphatic rings. The summed E-state index contributed by atoms with van der Waals surface area (Å²) in [6.07, 6.45) is 0.844. The van der Waals surface area contributed by atoms with Crippen molar-refractivity contribution >= 4 is 17.1 Å². The molecule has 1 aromatic heterocycles. The Kier molecular flexibility index (Phi) is 6.35. The third-order valence-corrected chi connectivity index (χ3v) is 6.09. The number of amides is 2. The highest BCUT2D eigenvalue weighted by Crippen LogP contribution is 2.25. The van der Waals surface area contributed by atoms with Gasteiger partial charge in [0.05, 0.1) is 6.54 Å². The van der Waals surface area contributed by atoms with E-state index < -0.39 is 0 Å². The molecule has 3 aromatic carbocycles. The maximum absolute atomic E-state index is 12.5. The van der Waals surface area contributed by atoms with Gasteiger partial charge in [0.2, 0.25) is 5.89 Å². The first kappa shape index (κ1) is 21.2. The number of aromatic nitrogens is 1. The first-order chi connectivity index (χ1) is 16.2. The molecule has 5 rings (SSSR count). The van der Waals surface area contributed by atoms with Crippen LogP contribution in [0.3, 0.4) is 0 Å². The number of fused-ring (bicyclic) bond motifs is 1. The average molecular weight is 441 g/mol. The Morgan fingerprint density at radius 1 is 0.879 bits per heavy atom. The number of benzene rings is 3. The molecular formula is C27H28N4O2. The number of carbonyl (C=O) groups excluding carboxylic acids is 1. The van der Waals surface area contributed by atoms with Gasteiger partial charge in [-0.2, -0.15) is 0 Å². The van der Waals surface area contributed by atoms with Crippen molar-refractivity contribution in [2.24, 2.45) is 0 Å². The van der Waals surface area contributed by atoms with Crippen molar-refractivity contribution in [2.75, 3.05) is 32.7 Å². The van der Waals surface area contributed by atoms with E-state index in [1.165, 1.54) is 11.1 Å². The number of nitrogens with zero attached hydrogens (tertiary/aromatic N) is 3. The molecule has 6 heteroatoms. The van der Waals surface area contributed by atoms with Crippen LogP contribution in [0.2, 0.25) is 0 Å². The summed E-state index contributed by atoms with van der Waals surface area (Å²) in [5, 5.41) is 3.04. The van der Waals surface area contributed by atoms with Gasteiger partial charge in [-0.1, -0.05) is 66.7 Å². The van der Waals surface area contributed by atoms with Gasteiger partial charge < -0.3 is 14.6 Å². The highest BCUT2D eigenvalue weighted by atomic mass is 16.3. The van der Waals surface area contributed by atoms with Crippen molar-refractivity contribution in [3.05, 3.63) is 90.3 Å². The number of hydrogen-bond donors (Lipinski definition) is 1. The van der Waals surface area contributed by atoms with E-state index in [0.717, 1.165) is 42.1 Å². The van der Waals surface area contributed by atoms with Gasteiger partial charge in [0.25, 0.3) is 0 Å². The lowest BCUT2D eigenvalue weighted by Crippen LogP contribution is -2.51. The van der Waals surface area contributed by atoms with Gasteiger partial charge in [-0.15, -0.1) is 0 Å². The van der Waals surface area contributed by atoms with E-state index >= 15 is 0 Å². The molecule has 4 aromatic rings. The molecule has 0 saturated carbocycles. The zero-order valence-electron chi connectivity index (χ0n) is 18.6. The summed E-state index contributed by atoms with van der Waals surface area (Å²) in [5.74, 6) is 0.718. The standard InChI is InChI=1S/C27H28N4O2/c32-27(28-14-13-21-7-3-1-4-8-21)31-17-15-30(16-18-31)20-26-29-24-19-23(11-12-25(24)33-26)22-9-5-2-6-10-22/h1-12,19H,13-18,20H2,(H,28,32). The van der Waals surface area contributed by atoms with E-state index in [9.17, 15) is 4.79 Å². The molecule has 0 unspecified atom stereocenters. The molecule has 1 fully saturated rings. The third-order valence-electron chi connectivity index (χ3n) is 6.09. The van der Waals surface area contributed by atoms with Crippen LogP contribution in [0.1, 0.15) is 11.5 Å². The highest BCUT2D eigenvalue weighted by Gasteiger charge is 2.22. The number of hydrogen-bond acceptors (Lipinski definition) is 4. The van der Waals surface area contributed by atoms with Crippen molar-refractivity contribution in [2.45, 2.75) is 13.0 Å². The number of carbonyl (C=O) groups is 1. The number of oxazole rings is 1. The molecule has 1 saturated heterocycles. The van der Waals surface area contributed by atoms with Crippen molar-refractivity contribution in [3.8, 4) is 11.1 Å². The summed E-state index contributed by atoms with van der Waals surface area (Å²) in [7, 11) is 0. The average Bonchev–Trinajstić information content (AvgIpc) is 3.27. The van der Waals surface area contributed by atoms with E-state index in [-0.39, 0.29) is 6.03 Å². The van der Waals surface area contributed by atoms with Crippen LogP contribution in [0.4, 0.5) is 4.79 Å². The van der Waals surface area contributed by atoms with Gasteiger partial charge in [-0.05, 0) is 35.2 Å². The largest absolute Gasteiger partial charge is 0.439 e. The third kappa shape index (κ3) is 5.23. The second kappa shape index (κ2) is 9.88. The Morgan fingerprint density at radius 2 is 1.61 bits per heavy atom. The maximum atomic E-state index is 12.5. The Labute approximate surface area is 193 Å². The zero-order chi connectivity index (χ0) is 22.5. The summed E-state index contributed by atoms with van der Waals surface area (Å²) in [4.78, 5) is 21.4. The van der Waals surface area contributed by atoms with E-state index in [1.807, 2.05) is 47.4 Å². The lowest BCUT2D eigenvalue weighted by Gasteiger charge is -2.34. The summed E-state index contributed by atoms with van der Waals surface area (Å²) in [5.41, 5.74) is 5.22. The maximum Gasteiger partial charge on any atom is 0.317 e. The lowest BCUT2D eigenvalue weighted by atomic mass is 10.1. The van der Waals surface area contributed by atoms with Crippen LogP contribution in [0.15, 0.2) is 83.3 Å². The summed E-state index contributed by atoms with van der Waals surface area (Å²) in [6.45, 7) is 4.32. The Morgan fingerprint density at radius 3 is 2.36 bits per heavy atom. The quantitative estimate of drug-likeness (QED) is 0.477. The number of rotatable bonds is 6. The van der Waals surface area contributed by atoms with Crippen LogP contribution < -0.4 is 5.32 Å². The fourth-order valence-corrected chi connectivity index (χ4v) is 4.22. The van der Waals surface area contributed by atoms with E-state index in [0.29, 0.717) is 26.2 Å². The Bertz CT molecular complexity index is 1200. The van der Waals surface area contributed by atoms with Crippen LogP contribution in [-0.4, -0.2) is 53.5 Å². The van der Waals surface area contributed by atoms with Crippen molar-refractivity contribution in [3.63, 3.8) is 0 Å². The summed E-state index contributed by atoms with van der Waals surface area (Å²) >= 11 is 0. The number of piperazine rings is 1. The van der Waals surface area contributed by atoms with Crippen molar-refractivity contribution in [1.29, 1.82) is 0 Å². The summed E-state index contributed by atoms with van der Waals surface area (Å²) in [6, 6.07) is 26.7. The molecule has 1 N–H and O–H groups in total. The monoisotopic (exact) mass is 440 g/mol. The molecule has 1 aliphatic heterocycles. The van der Waals surface area contributed by atoms with E-state index in [1.54, 1.807) is 0 Å². The van der Waals surface area contributed by atoms with Gasteiger partial charge in [-0.3, -0.25) is 4.90 Å². The van der Waals surface area contributed by atoms with Crippen LogP contribution >= 0.6 is 0 Å². The second-order valence-corrected chi connectivity index (χ2v) is 8.39. The molecule has 6 nitrogen and oxygen atoms in total. The molecule has 168 valence electrons. The second-order valence-electron chi connectivity index (χ2n) is 8.39. The van der Waals surface area contributed by atoms with Gasteiger partial charge in [-0.25, -0.2) is 9.78 Å². The van der Waals surface area contributed by atoms with Crippen LogP contribution in [0.25, 0.3) is 22.2 Å². The summed E-state index contributed by atoms with van der Waals surface area (Å²) < 4.78 is 5.99. The molecule has 0 radical (unpaired) electrons. The highest BCUT2D eigenvalue weighted by molar-refractivity contribution is 5.80. The molecule has 33 heavy (non-hydrogen) atoms. The number of urea groups is 1.